The highest BCUT2D eigenvalue weighted by Crippen LogP contribution is 2.19. The molecular formula is C14H20BrNO2. The maximum Gasteiger partial charge on any atom is 0.335 e. The van der Waals surface area contributed by atoms with Crippen LogP contribution in [-0.4, -0.2) is 17.1 Å². The number of aromatic carboxylic acids is 1. The van der Waals surface area contributed by atoms with E-state index in [9.17, 15) is 4.79 Å². The van der Waals surface area contributed by atoms with Gasteiger partial charge in [0.25, 0.3) is 0 Å². The molecule has 100 valence electrons. The van der Waals surface area contributed by atoms with Crippen molar-refractivity contribution in [1.29, 1.82) is 0 Å². The number of carboxylic acid groups (broad SMARTS) is 1. The van der Waals surface area contributed by atoms with Crippen molar-refractivity contribution in [3.8, 4) is 0 Å². The molecule has 0 radical (unpaired) electrons. The lowest BCUT2D eigenvalue weighted by Crippen LogP contribution is -2.27. The van der Waals surface area contributed by atoms with Crippen LogP contribution in [0.4, 0.5) is 0 Å². The molecule has 0 amide bonds. The largest absolute Gasteiger partial charge is 0.478 e. The molecule has 1 unspecified atom stereocenters. The van der Waals surface area contributed by atoms with Gasteiger partial charge < -0.3 is 10.4 Å². The summed E-state index contributed by atoms with van der Waals surface area (Å²) in [5.41, 5.74) is 1.39. The third kappa shape index (κ3) is 4.78. The predicted molar refractivity (Wildman–Crippen MR) is 76.9 cm³/mol. The maximum atomic E-state index is 10.8. The van der Waals surface area contributed by atoms with E-state index in [0.29, 0.717) is 17.5 Å². The van der Waals surface area contributed by atoms with Crippen molar-refractivity contribution in [3.63, 3.8) is 0 Å². The summed E-state index contributed by atoms with van der Waals surface area (Å²) in [4.78, 5) is 10.8. The van der Waals surface area contributed by atoms with Gasteiger partial charge in [-0.1, -0.05) is 35.8 Å². The molecule has 1 aromatic carbocycles. The van der Waals surface area contributed by atoms with Gasteiger partial charge in [0, 0.05) is 17.1 Å². The SMILES string of the molecule is CC(C)CC(C)NCc1ccc(C(=O)O)cc1Br. The van der Waals surface area contributed by atoms with Gasteiger partial charge in [0.1, 0.15) is 0 Å². The van der Waals surface area contributed by atoms with Gasteiger partial charge in [0.2, 0.25) is 0 Å². The van der Waals surface area contributed by atoms with Crippen molar-refractivity contribution in [3.05, 3.63) is 33.8 Å². The second-order valence-electron chi connectivity index (χ2n) is 5.02. The lowest BCUT2D eigenvalue weighted by molar-refractivity contribution is 0.0697. The fourth-order valence-electron chi connectivity index (χ4n) is 1.90. The highest BCUT2D eigenvalue weighted by molar-refractivity contribution is 9.10. The Morgan fingerprint density at radius 1 is 1.39 bits per heavy atom. The van der Waals surface area contributed by atoms with Crippen LogP contribution < -0.4 is 5.32 Å². The third-order valence-electron chi connectivity index (χ3n) is 2.77. The molecule has 1 aromatic rings. The summed E-state index contributed by atoms with van der Waals surface area (Å²) < 4.78 is 0.839. The zero-order chi connectivity index (χ0) is 13.7. The molecular weight excluding hydrogens is 294 g/mol. The number of hydrogen-bond donors (Lipinski definition) is 2. The molecule has 0 aliphatic carbocycles. The maximum absolute atomic E-state index is 10.8. The number of halogens is 1. The Kier molecular flexibility index (Phi) is 5.82. The molecule has 0 saturated carbocycles. The van der Waals surface area contributed by atoms with Gasteiger partial charge >= 0.3 is 5.97 Å². The third-order valence-corrected chi connectivity index (χ3v) is 3.50. The first kappa shape index (κ1) is 15.2. The Bertz CT molecular complexity index is 418. The van der Waals surface area contributed by atoms with Gasteiger partial charge in [0.05, 0.1) is 5.56 Å². The van der Waals surface area contributed by atoms with Crippen molar-refractivity contribution >= 4 is 21.9 Å². The fraction of sp³-hybridized carbons (Fsp3) is 0.500. The van der Waals surface area contributed by atoms with Crippen molar-refractivity contribution in [2.75, 3.05) is 0 Å². The van der Waals surface area contributed by atoms with Crippen LogP contribution >= 0.6 is 15.9 Å². The molecule has 0 saturated heterocycles. The number of carboxylic acids is 1. The Balaban J connectivity index is 2.60. The average Bonchev–Trinajstić information content (AvgIpc) is 2.26. The zero-order valence-corrected chi connectivity index (χ0v) is 12.6. The minimum Gasteiger partial charge on any atom is -0.478 e. The van der Waals surface area contributed by atoms with E-state index in [1.165, 1.54) is 0 Å². The molecule has 0 fully saturated rings. The van der Waals surface area contributed by atoms with E-state index in [0.717, 1.165) is 23.0 Å². The number of rotatable bonds is 6. The molecule has 4 heteroatoms. The summed E-state index contributed by atoms with van der Waals surface area (Å²) in [5.74, 6) is -0.228. The van der Waals surface area contributed by atoms with Crippen molar-refractivity contribution in [2.45, 2.75) is 39.8 Å². The van der Waals surface area contributed by atoms with E-state index in [2.05, 4.69) is 42.0 Å². The van der Waals surface area contributed by atoms with Gasteiger partial charge in [-0.05, 0) is 37.0 Å². The van der Waals surface area contributed by atoms with Crippen LogP contribution in [-0.2, 0) is 6.54 Å². The standard InChI is InChI=1S/C14H20BrNO2/c1-9(2)6-10(3)16-8-12-5-4-11(14(17)18)7-13(12)15/h4-5,7,9-10,16H,6,8H2,1-3H3,(H,17,18). The summed E-state index contributed by atoms with van der Waals surface area (Å²) in [5, 5.41) is 12.3. The molecule has 0 aliphatic rings. The minimum atomic E-state index is -0.900. The van der Waals surface area contributed by atoms with Crippen LogP contribution in [0.15, 0.2) is 22.7 Å². The average molecular weight is 314 g/mol. The van der Waals surface area contributed by atoms with E-state index in [-0.39, 0.29) is 0 Å². The zero-order valence-electron chi connectivity index (χ0n) is 11.0. The number of nitrogens with one attached hydrogen (secondary N) is 1. The molecule has 0 heterocycles. The van der Waals surface area contributed by atoms with Gasteiger partial charge in [0.15, 0.2) is 0 Å². The van der Waals surface area contributed by atoms with Crippen LogP contribution in [0.1, 0.15) is 43.1 Å². The minimum absolute atomic E-state index is 0.306. The van der Waals surface area contributed by atoms with Gasteiger partial charge in [-0.2, -0.15) is 0 Å². The van der Waals surface area contributed by atoms with Gasteiger partial charge in [-0.15, -0.1) is 0 Å². The lowest BCUT2D eigenvalue weighted by atomic mass is 10.0. The lowest BCUT2D eigenvalue weighted by Gasteiger charge is -2.16. The normalized spacial score (nSPS) is 12.7. The van der Waals surface area contributed by atoms with E-state index in [1.54, 1.807) is 12.1 Å². The topological polar surface area (TPSA) is 49.3 Å². The van der Waals surface area contributed by atoms with E-state index < -0.39 is 5.97 Å². The predicted octanol–water partition coefficient (Wildman–Crippen LogP) is 3.67. The van der Waals surface area contributed by atoms with Crippen LogP contribution in [0, 0.1) is 5.92 Å². The summed E-state index contributed by atoms with van der Waals surface area (Å²) in [6, 6.07) is 5.59. The van der Waals surface area contributed by atoms with Crippen LogP contribution in [0.2, 0.25) is 0 Å². The summed E-state index contributed by atoms with van der Waals surface area (Å²) in [6.45, 7) is 7.32. The molecule has 2 N–H and O–H groups in total. The summed E-state index contributed by atoms with van der Waals surface area (Å²) in [6.07, 6.45) is 1.13. The van der Waals surface area contributed by atoms with Crippen molar-refractivity contribution in [2.24, 2.45) is 5.92 Å². The van der Waals surface area contributed by atoms with E-state index in [4.69, 9.17) is 5.11 Å². The first-order valence-corrected chi connectivity index (χ1v) is 6.94. The molecule has 1 rings (SSSR count). The molecule has 0 aliphatic heterocycles. The number of benzene rings is 1. The fourth-order valence-corrected chi connectivity index (χ4v) is 2.42. The first-order valence-electron chi connectivity index (χ1n) is 6.15. The summed E-state index contributed by atoms with van der Waals surface area (Å²) >= 11 is 3.41. The molecule has 3 nitrogen and oxygen atoms in total. The Hall–Kier alpha value is -0.870. The summed E-state index contributed by atoms with van der Waals surface area (Å²) in [7, 11) is 0. The molecule has 0 spiro atoms. The smallest absolute Gasteiger partial charge is 0.335 e. The van der Waals surface area contributed by atoms with E-state index in [1.807, 2.05) is 6.07 Å². The van der Waals surface area contributed by atoms with Crippen molar-refractivity contribution < 1.29 is 9.90 Å². The highest BCUT2D eigenvalue weighted by atomic mass is 79.9. The molecule has 0 aromatic heterocycles. The van der Waals surface area contributed by atoms with Crippen LogP contribution in [0.5, 0.6) is 0 Å². The first-order chi connectivity index (χ1) is 8.40. The number of carbonyl (C=O) groups is 1. The van der Waals surface area contributed by atoms with Crippen LogP contribution in [0.25, 0.3) is 0 Å². The van der Waals surface area contributed by atoms with Crippen molar-refractivity contribution in [1.82, 2.24) is 5.32 Å². The Morgan fingerprint density at radius 2 is 2.06 bits per heavy atom. The Labute approximate surface area is 117 Å². The second-order valence-corrected chi connectivity index (χ2v) is 5.88. The monoisotopic (exact) mass is 313 g/mol. The quantitative estimate of drug-likeness (QED) is 0.842. The molecule has 0 bridgehead atoms. The van der Waals surface area contributed by atoms with Gasteiger partial charge in [-0.25, -0.2) is 4.79 Å². The van der Waals surface area contributed by atoms with E-state index >= 15 is 0 Å². The highest BCUT2D eigenvalue weighted by Gasteiger charge is 2.08. The molecule has 18 heavy (non-hydrogen) atoms. The number of hydrogen-bond acceptors (Lipinski definition) is 2. The molecule has 1 atom stereocenters. The Morgan fingerprint density at radius 3 is 2.56 bits per heavy atom. The van der Waals surface area contributed by atoms with Crippen LogP contribution in [0.3, 0.4) is 0 Å². The van der Waals surface area contributed by atoms with Gasteiger partial charge in [-0.3, -0.25) is 0 Å². The second kappa shape index (κ2) is 6.90.